The molecule has 1 aromatic heterocycles. The predicted molar refractivity (Wildman–Crippen MR) is 73.9 cm³/mol. The molecule has 1 unspecified atom stereocenters. The fourth-order valence-corrected chi connectivity index (χ4v) is 3.68. The number of nitrogens with zero attached hydrogens (tertiary/aromatic N) is 1. The number of rotatable bonds is 2. The molecule has 1 aliphatic carbocycles. The first-order valence-corrected chi connectivity index (χ1v) is 7.51. The summed E-state index contributed by atoms with van der Waals surface area (Å²) in [6.07, 6.45) is 7.05. The molecule has 1 aliphatic rings. The van der Waals surface area contributed by atoms with Gasteiger partial charge in [-0.1, -0.05) is 20.8 Å². The molecule has 2 rings (SSSR count). The molecular weight excluding hydrogens is 228 g/mol. The highest BCUT2D eigenvalue weighted by Crippen LogP contribution is 2.42. The number of nitrogens with two attached hydrogens (primary N) is 1. The molecule has 1 fully saturated rings. The van der Waals surface area contributed by atoms with Gasteiger partial charge in [-0.2, -0.15) is 0 Å². The summed E-state index contributed by atoms with van der Waals surface area (Å²) < 4.78 is 0. The van der Waals surface area contributed by atoms with E-state index in [2.05, 4.69) is 25.8 Å². The van der Waals surface area contributed by atoms with Crippen LogP contribution in [0.15, 0.2) is 11.6 Å². The average Bonchev–Trinajstić information content (AvgIpc) is 2.80. The summed E-state index contributed by atoms with van der Waals surface area (Å²) in [7, 11) is 0. The lowest BCUT2D eigenvalue weighted by Gasteiger charge is -2.38. The molecule has 0 aromatic carbocycles. The van der Waals surface area contributed by atoms with Crippen molar-refractivity contribution < 1.29 is 0 Å². The molecule has 0 aliphatic heterocycles. The Morgan fingerprint density at radius 2 is 1.94 bits per heavy atom. The van der Waals surface area contributed by atoms with Crippen molar-refractivity contribution in [3.63, 3.8) is 0 Å². The smallest absolute Gasteiger partial charge is 0.110 e. The van der Waals surface area contributed by atoms with Crippen molar-refractivity contribution in [2.45, 2.75) is 52.5 Å². The lowest BCUT2D eigenvalue weighted by molar-refractivity contribution is 0.139. The first-order valence-electron chi connectivity index (χ1n) is 6.63. The second-order valence-electron chi connectivity index (χ2n) is 6.37. The van der Waals surface area contributed by atoms with E-state index in [1.54, 1.807) is 11.3 Å². The predicted octanol–water partition coefficient (Wildman–Crippen LogP) is 4.00. The van der Waals surface area contributed by atoms with Crippen LogP contribution in [0.3, 0.4) is 0 Å². The third kappa shape index (κ3) is 3.08. The minimum atomic E-state index is 0.163. The molecule has 2 nitrogen and oxygen atoms in total. The summed E-state index contributed by atoms with van der Waals surface area (Å²) in [5, 5.41) is 3.14. The van der Waals surface area contributed by atoms with Gasteiger partial charge in [0, 0.05) is 11.6 Å². The van der Waals surface area contributed by atoms with Gasteiger partial charge < -0.3 is 5.73 Å². The van der Waals surface area contributed by atoms with E-state index in [1.165, 1.54) is 25.7 Å². The zero-order valence-electron chi connectivity index (χ0n) is 11.1. The summed E-state index contributed by atoms with van der Waals surface area (Å²) in [5.74, 6) is 1.50. The molecule has 3 heteroatoms. The zero-order valence-corrected chi connectivity index (χ0v) is 12.0. The first kappa shape index (κ1) is 13.0. The van der Waals surface area contributed by atoms with E-state index >= 15 is 0 Å². The Bertz CT molecular complexity index is 332. The molecule has 0 bridgehead atoms. The van der Waals surface area contributed by atoms with E-state index in [1.807, 2.05) is 11.6 Å². The SMILES string of the molecule is CC(C)(C)C1CCC(C(N)c2nccs2)CC1. The molecular formula is C14H24N2S. The van der Waals surface area contributed by atoms with Crippen LogP contribution in [0.2, 0.25) is 0 Å². The third-order valence-corrected chi connectivity index (χ3v) is 5.12. The highest BCUT2D eigenvalue weighted by Gasteiger charge is 2.32. The summed E-state index contributed by atoms with van der Waals surface area (Å²) >= 11 is 1.69. The van der Waals surface area contributed by atoms with Gasteiger partial charge in [0.1, 0.15) is 5.01 Å². The number of thiazole rings is 1. The minimum absolute atomic E-state index is 0.163. The topological polar surface area (TPSA) is 38.9 Å². The maximum Gasteiger partial charge on any atom is 0.110 e. The Hall–Kier alpha value is -0.410. The summed E-state index contributed by atoms with van der Waals surface area (Å²) in [5.41, 5.74) is 6.77. The Balaban J connectivity index is 1.91. The van der Waals surface area contributed by atoms with Crippen molar-refractivity contribution >= 4 is 11.3 Å². The van der Waals surface area contributed by atoms with Crippen LogP contribution >= 0.6 is 11.3 Å². The van der Waals surface area contributed by atoms with Crippen molar-refractivity contribution in [3.05, 3.63) is 16.6 Å². The second kappa shape index (κ2) is 5.07. The molecule has 1 atom stereocenters. The number of aromatic nitrogens is 1. The first-order chi connectivity index (χ1) is 7.98. The molecule has 0 saturated heterocycles. The van der Waals surface area contributed by atoms with Gasteiger partial charge in [-0.3, -0.25) is 0 Å². The standard InChI is InChI=1S/C14H24N2S/c1-14(2,3)11-6-4-10(5-7-11)12(15)13-16-8-9-17-13/h8-12H,4-7,15H2,1-3H3. The van der Waals surface area contributed by atoms with E-state index in [9.17, 15) is 0 Å². The van der Waals surface area contributed by atoms with Crippen LogP contribution in [-0.4, -0.2) is 4.98 Å². The van der Waals surface area contributed by atoms with Crippen LogP contribution in [0.4, 0.5) is 0 Å². The average molecular weight is 252 g/mol. The molecule has 0 radical (unpaired) electrons. The molecule has 17 heavy (non-hydrogen) atoms. The van der Waals surface area contributed by atoms with Gasteiger partial charge >= 0.3 is 0 Å². The largest absolute Gasteiger partial charge is 0.322 e. The van der Waals surface area contributed by atoms with Gasteiger partial charge in [-0.15, -0.1) is 11.3 Å². The van der Waals surface area contributed by atoms with Crippen molar-refractivity contribution in [3.8, 4) is 0 Å². The Morgan fingerprint density at radius 3 is 2.41 bits per heavy atom. The van der Waals surface area contributed by atoms with E-state index in [0.717, 1.165) is 10.9 Å². The highest BCUT2D eigenvalue weighted by molar-refractivity contribution is 7.09. The number of hydrogen-bond acceptors (Lipinski definition) is 3. The molecule has 1 saturated carbocycles. The molecule has 2 N–H and O–H groups in total. The number of hydrogen-bond donors (Lipinski definition) is 1. The maximum atomic E-state index is 6.32. The van der Waals surface area contributed by atoms with Crippen LogP contribution in [0, 0.1) is 17.3 Å². The summed E-state index contributed by atoms with van der Waals surface area (Å²) in [4.78, 5) is 4.35. The fourth-order valence-electron chi connectivity index (χ4n) is 2.95. The lowest BCUT2D eigenvalue weighted by Crippen LogP contribution is -2.30. The maximum absolute atomic E-state index is 6.32. The monoisotopic (exact) mass is 252 g/mol. The van der Waals surface area contributed by atoms with Crippen molar-refractivity contribution in [2.75, 3.05) is 0 Å². The summed E-state index contributed by atoms with van der Waals surface area (Å²) in [6.45, 7) is 7.08. The summed E-state index contributed by atoms with van der Waals surface area (Å²) in [6, 6.07) is 0.163. The normalized spacial score (nSPS) is 28.0. The Kier molecular flexibility index (Phi) is 3.88. The quantitative estimate of drug-likeness (QED) is 0.864. The molecule has 1 aromatic rings. The molecule has 0 amide bonds. The van der Waals surface area contributed by atoms with Crippen LogP contribution < -0.4 is 5.73 Å². The second-order valence-corrected chi connectivity index (χ2v) is 7.30. The third-order valence-electron chi connectivity index (χ3n) is 4.24. The van der Waals surface area contributed by atoms with Crippen molar-refractivity contribution in [1.82, 2.24) is 4.98 Å². The van der Waals surface area contributed by atoms with Gasteiger partial charge in [0.2, 0.25) is 0 Å². The van der Waals surface area contributed by atoms with E-state index in [0.29, 0.717) is 11.3 Å². The van der Waals surface area contributed by atoms with Crippen LogP contribution in [0.5, 0.6) is 0 Å². The van der Waals surface area contributed by atoms with Gasteiger partial charge in [0.25, 0.3) is 0 Å². The zero-order chi connectivity index (χ0) is 12.5. The molecule has 1 heterocycles. The van der Waals surface area contributed by atoms with Crippen LogP contribution in [0.25, 0.3) is 0 Å². The van der Waals surface area contributed by atoms with Gasteiger partial charge in [-0.25, -0.2) is 4.98 Å². The van der Waals surface area contributed by atoms with Gasteiger partial charge in [0.15, 0.2) is 0 Å². The van der Waals surface area contributed by atoms with Gasteiger partial charge in [-0.05, 0) is 42.9 Å². The van der Waals surface area contributed by atoms with Crippen LogP contribution in [-0.2, 0) is 0 Å². The van der Waals surface area contributed by atoms with Crippen LogP contribution in [0.1, 0.15) is 57.5 Å². The van der Waals surface area contributed by atoms with Crippen molar-refractivity contribution in [2.24, 2.45) is 23.0 Å². The Labute approximate surface area is 109 Å². The Morgan fingerprint density at radius 1 is 1.29 bits per heavy atom. The highest BCUT2D eigenvalue weighted by atomic mass is 32.1. The molecule has 0 spiro atoms. The van der Waals surface area contributed by atoms with E-state index < -0.39 is 0 Å². The van der Waals surface area contributed by atoms with E-state index in [-0.39, 0.29) is 6.04 Å². The van der Waals surface area contributed by atoms with E-state index in [4.69, 9.17) is 5.73 Å². The lowest BCUT2D eigenvalue weighted by atomic mass is 9.68. The fraction of sp³-hybridized carbons (Fsp3) is 0.786. The molecule has 96 valence electrons. The van der Waals surface area contributed by atoms with Gasteiger partial charge in [0.05, 0.1) is 6.04 Å². The van der Waals surface area contributed by atoms with Crippen molar-refractivity contribution in [1.29, 1.82) is 0 Å². The minimum Gasteiger partial charge on any atom is -0.322 e.